The van der Waals surface area contributed by atoms with Gasteiger partial charge in [0, 0.05) is 21.5 Å². The zero-order chi connectivity index (χ0) is 15.8. The molecule has 0 amide bonds. The lowest BCUT2D eigenvalue weighted by Crippen LogP contribution is -2.25. The van der Waals surface area contributed by atoms with Gasteiger partial charge in [0.25, 0.3) is 0 Å². The summed E-state index contributed by atoms with van der Waals surface area (Å²) in [6.07, 6.45) is 0.548. The van der Waals surface area contributed by atoms with E-state index < -0.39 is 5.60 Å². The SMILES string of the molecule is Cc1cc(C)c(CC(C)(O)c2ccc(Br)cc2Cl)c(C)c1. The Hall–Kier alpha value is -0.830. The molecule has 0 saturated heterocycles. The maximum absolute atomic E-state index is 10.9. The highest BCUT2D eigenvalue weighted by Crippen LogP contribution is 2.34. The van der Waals surface area contributed by atoms with Crippen molar-refractivity contribution in [3.05, 3.63) is 67.6 Å². The molecule has 21 heavy (non-hydrogen) atoms. The number of rotatable bonds is 3. The van der Waals surface area contributed by atoms with Gasteiger partial charge in [-0.1, -0.05) is 51.3 Å². The molecular formula is C18H20BrClO. The Labute approximate surface area is 140 Å². The second-order valence-electron chi connectivity index (χ2n) is 5.95. The fourth-order valence-corrected chi connectivity index (χ4v) is 3.73. The van der Waals surface area contributed by atoms with Crippen LogP contribution in [0.1, 0.15) is 34.7 Å². The van der Waals surface area contributed by atoms with Gasteiger partial charge < -0.3 is 5.11 Å². The summed E-state index contributed by atoms with van der Waals surface area (Å²) in [5, 5.41) is 11.5. The van der Waals surface area contributed by atoms with Crippen LogP contribution in [0.4, 0.5) is 0 Å². The van der Waals surface area contributed by atoms with Crippen molar-refractivity contribution in [1.82, 2.24) is 0 Å². The van der Waals surface area contributed by atoms with Crippen LogP contribution >= 0.6 is 27.5 Å². The highest BCUT2D eigenvalue weighted by Gasteiger charge is 2.27. The summed E-state index contributed by atoms with van der Waals surface area (Å²) in [6, 6.07) is 9.92. The van der Waals surface area contributed by atoms with Crippen molar-refractivity contribution >= 4 is 27.5 Å². The van der Waals surface area contributed by atoms with Crippen LogP contribution in [0.25, 0.3) is 0 Å². The van der Waals surface area contributed by atoms with Crippen LogP contribution in [0.3, 0.4) is 0 Å². The van der Waals surface area contributed by atoms with Crippen LogP contribution in [0.2, 0.25) is 5.02 Å². The Morgan fingerprint density at radius 2 is 1.67 bits per heavy atom. The fraction of sp³-hybridized carbons (Fsp3) is 0.333. The van der Waals surface area contributed by atoms with E-state index in [2.05, 4.69) is 48.8 Å². The highest BCUT2D eigenvalue weighted by atomic mass is 79.9. The predicted molar refractivity (Wildman–Crippen MR) is 93.1 cm³/mol. The first kappa shape index (κ1) is 16.5. The average molecular weight is 368 g/mol. The van der Waals surface area contributed by atoms with Crippen molar-refractivity contribution in [2.75, 3.05) is 0 Å². The van der Waals surface area contributed by atoms with Crippen molar-refractivity contribution < 1.29 is 5.11 Å². The number of aliphatic hydroxyl groups is 1. The molecule has 0 aliphatic rings. The molecule has 1 atom stereocenters. The maximum atomic E-state index is 10.9. The number of hydrogen-bond donors (Lipinski definition) is 1. The van der Waals surface area contributed by atoms with Crippen molar-refractivity contribution in [2.45, 2.75) is 39.7 Å². The fourth-order valence-electron chi connectivity index (χ4n) is 2.85. The molecule has 112 valence electrons. The predicted octanol–water partition coefficient (Wildman–Crippen LogP) is 5.48. The van der Waals surface area contributed by atoms with E-state index in [4.69, 9.17) is 11.6 Å². The van der Waals surface area contributed by atoms with E-state index in [1.54, 1.807) is 0 Å². The molecule has 0 aliphatic carbocycles. The molecule has 0 spiro atoms. The van der Waals surface area contributed by atoms with Crippen LogP contribution in [0.5, 0.6) is 0 Å². The summed E-state index contributed by atoms with van der Waals surface area (Å²) < 4.78 is 0.912. The molecule has 1 nitrogen and oxygen atoms in total. The minimum Gasteiger partial charge on any atom is -0.385 e. The Balaban J connectivity index is 2.42. The minimum absolute atomic E-state index is 0.548. The van der Waals surface area contributed by atoms with Gasteiger partial charge in [0.15, 0.2) is 0 Å². The second kappa shape index (κ2) is 6.12. The van der Waals surface area contributed by atoms with E-state index in [0.717, 1.165) is 10.0 Å². The normalized spacial score (nSPS) is 14.0. The van der Waals surface area contributed by atoms with Crippen LogP contribution in [-0.2, 0) is 12.0 Å². The van der Waals surface area contributed by atoms with Crippen LogP contribution in [-0.4, -0.2) is 5.11 Å². The van der Waals surface area contributed by atoms with Gasteiger partial charge in [-0.25, -0.2) is 0 Å². The Morgan fingerprint density at radius 1 is 1.10 bits per heavy atom. The lowest BCUT2D eigenvalue weighted by atomic mass is 9.85. The van der Waals surface area contributed by atoms with E-state index in [1.807, 2.05) is 25.1 Å². The summed E-state index contributed by atoms with van der Waals surface area (Å²) in [5.74, 6) is 0. The second-order valence-corrected chi connectivity index (χ2v) is 7.27. The summed E-state index contributed by atoms with van der Waals surface area (Å²) in [4.78, 5) is 0. The van der Waals surface area contributed by atoms with E-state index in [-0.39, 0.29) is 0 Å². The standard InChI is InChI=1S/C18H20BrClO/c1-11-7-12(2)15(13(3)8-11)10-18(4,21)16-6-5-14(19)9-17(16)20/h5-9,21H,10H2,1-4H3. The molecule has 0 radical (unpaired) electrons. The van der Waals surface area contributed by atoms with Crippen molar-refractivity contribution in [3.8, 4) is 0 Å². The number of hydrogen-bond acceptors (Lipinski definition) is 1. The lowest BCUT2D eigenvalue weighted by Gasteiger charge is -2.27. The van der Waals surface area contributed by atoms with Crippen LogP contribution < -0.4 is 0 Å². The summed E-state index contributed by atoms with van der Waals surface area (Å²) in [6.45, 7) is 8.09. The molecule has 0 saturated carbocycles. The first-order valence-corrected chi connectivity index (χ1v) is 8.12. The Morgan fingerprint density at radius 3 is 2.19 bits per heavy atom. The molecular weight excluding hydrogens is 348 g/mol. The Kier molecular flexibility index (Phi) is 4.82. The zero-order valence-corrected chi connectivity index (χ0v) is 15.1. The zero-order valence-electron chi connectivity index (χ0n) is 12.8. The third-order valence-electron chi connectivity index (χ3n) is 3.87. The van der Waals surface area contributed by atoms with Crippen molar-refractivity contribution in [3.63, 3.8) is 0 Å². The lowest BCUT2D eigenvalue weighted by molar-refractivity contribution is 0.0574. The van der Waals surface area contributed by atoms with Gasteiger partial charge in [0.1, 0.15) is 0 Å². The molecule has 1 N–H and O–H groups in total. The largest absolute Gasteiger partial charge is 0.385 e. The average Bonchev–Trinajstić information content (AvgIpc) is 2.33. The van der Waals surface area contributed by atoms with Gasteiger partial charge in [-0.05, 0) is 56.5 Å². The van der Waals surface area contributed by atoms with E-state index in [0.29, 0.717) is 11.4 Å². The monoisotopic (exact) mass is 366 g/mol. The molecule has 3 heteroatoms. The van der Waals surface area contributed by atoms with Gasteiger partial charge >= 0.3 is 0 Å². The summed E-state index contributed by atoms with van der Waals surface area (Å²) >= 11 is 9.69. The molecule has 0 aromatic heterocycles. The van der Waals surface area contributed by atoms with E-state index >= 15 is 0 Å². The smallest absolute Gasteiger partial charge is 0.0923 e. The van der Waals surface area contributed by atoms with Crippen LogP contribution in [0, 0.1) is 20.8 Å². The molecule has 0 aliphatic heterocycles. The first-order valence-electron chi connectivity index (χ1n) is 6.95. The molecule has 0 bridgehead atoms. The van der Waals surface area contributed by atoms with Crippen LogP contribution in [0.15, 0.2) is 34.8 Å². The molecule has 2 rings (SSSR count). The third-order valence-corrected chi connectivity index (χ3v) is 4.68. The van der Waals surface area contributed by atoms with Gasteiger partial charge in [-0.3, -0.25) is 0 Å². The summed E-state index contributed by atoms with van der Waals surface area (Å²) in [7, 11) is 0. The van der Waals surface area contributed by atoms with Crippen molar-refractivity contribution in [1.29, 1.82) is 0 Å². The number of halogens is 2. The maximum Gasteiger partial charge on any atom is 0.0923 e. The topological polar surface area (TPSA) is 20.2 Å². The van der Waals surface area contributed by atoms with Gasteiger partial charge in [-0.15, -0.1) is 0 Å². The molecule has 2 aromatic rings. The first-order chi connectivity index (χ1) is 9.70. The van der Waals surface area contributed by atoms with Gasteiger partial charge in [0.05, 0.1) is 5.60 Å². The molecule has 2 aromatic carbocycles. The summed E-state index contributed by atoms with van der Waals surface area (Å²) in [5.41, 5.74) is 4.61. The number of aryl methyl sites for hydroxylation is 3. The molecule has 1 unspecified atom stereocenters. The number of benzene rings is 2. The van der Waals surface area contributed by atoms with E-state index in [9.17, 15) is 5.11 Å². The Bertz CT molecular complexity index is 654. The minimum atomic E-state index is -0.997. The molecule has 0 fully saturated rings. The van der Waals surface area contributed by atoms with Crippen molar-refractivity contribution in [2.24, 2.45) is 0 Å². The third kappa shape index (κ3) is 3.68. The quantitative estimate of drug-likeness (QED) is 0.761. The van der Waals surface area contributed by atoms with Gasteiger partial charge in [-0.2, -0.15) is 0 Å². The highest BCUT2D eigenvalue weighted by molar-refractivity contribution is 9.10. The van der Waals surface area contributed by atoms with E-state index in [1.165, 1.54) is 22.3 Å². The molecule has 0 heterocycles. The van der Waals surface area contributed by atoms with Gasteiger partial charge in [0.2, 0.25) is 0 Å².